The van der Waals surface area contributed by atoms with Gasteiger partial charge in [-0.2, -0.15) is 0 Å². The molecule has 0 fully saturated rings. The van der Waals surface area contributed by atoms with Gasteiger partial charge in [0.1, 0.15) is 6.10 Å². The molecule has 0 amide bonds. The second-order valence-electron chi connectivity index (χ2n) is 3.74. The van der Waals surface area contributed by atoms with Crippen LogP contribution in [0.5, 0.6) is 0 Å². The molecule has 2 aromatic rings. The van der Waals surface area contributed by atoms with Gasteiger partial charge in [0.2, 0.25) is 0 Å². The zero-order chi connectivity index (χ0) is 11.5. The van der Waals surface area contributed by atoms with Crippen molar-refractivity contribution in [3.63, 3.8) is 0 Å². The van der Waals surface area contributed by atoms with Gasteiger partial charge in [-0.25, -0.2) is 4.98 Å². The van der Waals surface area contributed by atoms with Crippen LogP contribution in [-0.2, 0) is 0 Å². The highest BCUT2D eigenvalue weighted by molar-refractivity contribution is 5.40. The van der Waals surface area contributed by atoms with Crippen LogP contribution in [0.4, 0.5) is 0 Å². The van der Waals surface area contributed by atoms with Gasteiger partial charge in [-0.15, -0.1) is 0 Å². The van der Waals surface area contributed by atoms with Crippen molar-refractivity contribution < 1.29 is 5.11 Å². The summed E-state index contributed by atoms with van der Waals surface area (Å²) in [6, 6.07) is 8.01. The highest BCUT2D eigenvalue weighted by atomic mass is 16.3. The van der Waals surface area contributed by atoms with Gasteiger partial charge in [0.15, 0.2) is 0 Å². The van der Waals surface area contributed by atoms with Crippen molar-refractivity contribution in [2.24, 2.45) is 5.73 Å². The standard InChI is InChI=1S/C12H15N3O/c1-9-4-2-3-5-11(9)15-7-10(14-8-15)12(16)6-13/h2-5,7-8,12,16H,6,13H2,1H3. The number of benzene rings is 1. The second-order valence-corrected chi connectivity index (χ2v) is 3.74. The maximum Gasteiger partial charge on any atom is 0.110 e. The van der Waals surface area contributed by atoms with E-state index in [0.717, 1.165) is 11.3 Å². The molecule has 0 aliphatic heterocycles. The minimum atomic E-state index is -0.690. The monoisotopic (exact) mass is 217 g/mol. The van der Waals surface area contributed by atoms with Crippen molar-refractivity contribution in [1.82, 2.24) is 9.55 Å². The number of nitrogens with two attached hydrogens (primary N) is 1. The molecule has 2 rings (SSSR count). The van der Waals surface area contributed by atoms with Crippen LogP contribution in [0, 0.1) is 6.92 Å². The Morgan fingerprint density at radius 1 is 1.44 bits per heavy atom. The Hall–Kier alpha value is -1.65. The van der Waals surface area contributed by atoms with Crippen molar-refractivity contribution in [1.29, 1.82) is 0 Å². The third kappa shape index (κ3) is 1.98. The van der Waals surface area contributed by atoms with E-state index in [1.54, 1.807) is 12.5 Å². The second kappa shape index (κ2) is 4.47. The van der Waals surface area contributed by atoms with E-state index in [1.165, 1.54) is 0 Å². The summed E-state index contributed by atoms with van der Waals surface area (Å²) in [5, 5.41) is 9.56. The molecule has 16 heavy (non-hydrogen) atoms. The number of aliphatic hydroxyl groups is 1. The van der Waals surface area contributed by atoms with E-state index in [0.29, 0.717) is 5.69 Å². The summed E-state index contributed by atoms with van der Waals surface area (Å²) in [5.41, 5.74) is 8.21. The van der Waals surface area contributed by atoms with Crippen LogP contribution in [-0.4, -0.2) is 21.2 Å². The van der Waals surface area contributed by atoms with Crippen LogP contribution < -0.4 is 5.73 Å². The Morgan fingerprint density at radius 2 is 2.19 bits per heavy atom. The normalized spacial score (nSPS) is 12.7. The molecule has 1 heterocycles. The first-order valence-electron chi connectivity index (χ1n) is 5.20. The van der Waals surface area contributed by atoms with E-state index in [4.69, 9.17) is 5.73 Å². The molecule has 3 N–H and O–H groups in total. The van der Waals surface area contributed by atoms with Gasteiger partial charge in [0.05, 0.1) is 12.0 Å². The van der Waals surface area contributed by atoms with Gasteiger partial charge >= 0.3 is 0 Å². The summed E-state index contributed by atoms with van der Waals surface area (Å²) in [6.07, 6.45) is 2.81. The van der Waals surface area contributed by atoms with Crippen LogP contribution in [0.3, 0.4) is 0 Å². The average molecular weight is 217 g/mol. The molecule has 1 aromatic heterocycles. The SMILES string of the molecule is Cc1ccccc1-n1cnc(C(O)CN)c1. The van der Waals surface area contributed by atoms with Crippen molar-refractivity contribution >= 4 is 0 Å². The number of nitrogens with zero attached hydrogens (tertiary/aromatic N) is 2. The maximum atomic E-state index is 9.56. The van der Waals surface area contributed by atoms with Crippen LogP contribution in [0.1, 0.15) is 17.4 Å². The molecule has 0 spiro atoms. The lowest BCUT2D eigenvalue weighted by Crippen LogP contribution is -2.11. The predicted octanol–water partition coefficient (Wildman–Crippen LogP) is 1.17. The van der Waals surface area contributed by atoms with E-state index >= 15 is 0 Å². The topological polar surface area (TPSA) is 64.1 Å². The summed E-state index contributed by atoms with van der Waals surface area (Å²) in [6.45, 7) is 2.22. The quantitative estimate of drug-likeness (QED) is 0.811. The molecule has 1 aromatic carbocycles. The summed E-state index contributed by atoms with van der Waals surface area (Å²) in [5.74, 6) is 0. The molecular formula is C12H15N3O. The third-order valence-corrected chi connectivity index (χ3v) is 2.56. The largest absolute Gasteiger partial charge is 0.385 e. The number of para-hydroxylation sites is 1. The van der Waals surface area contributed by atoms with Gasteiger partial charge in [-0.05, 0) is 18.6 Å². The van der Waals surface area contributed by atoms with Crippen LogP contribution in [0.25, 0.3) is 5.69 Å². The number of hydrogen-bond acceptors (Lipinski definition) is 3. The first kappa shape index (κ1) is 10.9. The number of imidazole rings is 1. The third-order valence-electron chi connectivity index (χ3n) is 2.56. The molecule has 0 saturated carbocycles. The molecule has 0 radical (unpaired) electrons. The summed E-state index contributed by atoms with van der Waals surface area (Å²) < 4.78 is 1.89. The van der Waals surface area contributed by atoms with Gasteiger partial charge in [-0.3, -0.25) is 0 Å². The molecule has 0 bridgehead atoms. The lowest BCUT2D eigenvalue weighted by molar-refractivity contribution is 0.182. The zero-order valence-electron chi connectivity index (χ0n) is 9.17. The van der Waals surface area contributed by atoms with E-state index in [2.05, 4.69) is 4.98 Å². The number of aliphatic hydroxyl groups excluding tert-OH is 1. The Labute approximate surface area is 94.4 Å². The highest BCUT2D eigenvalue weighted by Crippen LogP contribution is 2.16. The van der Waals surface area contributed by atoms with Gasteiger partial charge < -0.3 is 15.4 Å². The molecule has 0 saturated heterocycles. The summed E-state index contributed by atoms with van der Waals surface area (Å²) in [7, 11) is 0. The molecular weight excluding hydrogens is 202 g/mol. The molecule has 0 aliphatic rings. The molecule has 4 heteroatoms. The van der Waals surface area contributed by atoms with Crippen molar-refractivity contribution in [3.8, 4) is 5.69 Å². The van der Waals surface area contributed by atoms with Crippen molar-refractivity contribution in [2.75, 3.05) is 6.54 Å². The molecule has 1 unspecified atom stereocenters. The zero-order valence-corrected chi connectivity index (χ0v) is 9.17. The van der Waals surface area contributed by atoms with Gasteiger partial charge in [0.25, 0.3) is 0 Å². The fraction of sp³-hybridized carbons (Fsp3) is 0.250. The first-order chi connectivity index (χ1) is 7.72. The van der Waals surface area contributed by atoms with Crippen molar-refractivity contribution in [2.45, 2.75) is 13.0 Å². The van der Waals surface area contributed by atoms with E-state index in [9.17, 15) is 5.11 Å². The van der Waals surface area contributed by atoms with Gasteiger partial charge in [0, 0.05) is 18.4 Å². The number of aryl methyl sites for hydroxylation is 1. The highest BCUT2D eigenvalue weighted by Gasteiger charge is 2.09. The summed E-state index contributed by atoms with van der Waals surface area (Å²) >= 11 is 0. The number of aromatic nitrogens is 2. The Balaban J connectivity index is 2.35. The molecule has 84 valence electrons. The van der Waals surface area contributed by atoms with E-state index in [-0.39, 0.29) is 6.54 Å². The minimum absolute atomic E-state index is 0.185. The van der Waals surface area contributed by atoms with Crippen LogP contribution >= 0.6 is 0 Å². The lowest BCUT2D eigenvalue weighted by Gasteiger charge is -2.05. The predicted molar refractivity (Wildman–Crippen MR) is 62.3 cm³/mol. The van der Waals surface area contributed by atoms with Crippen LogP contribution in [0.2, 0.25) is 0 Å². The number of hydrogen-bond donors (Lipinski definition) is 2. The Kier molecular flexibility index (Phi) is 3.03. The fourth-order valence-electron chi connectivity index (χ4n) is 1.62. The van der Waals surface area contributed by atoms with E-state index in [1.807, 2.05) is 35.8 Å². The Bertz CT molecular complexity index is 479. The maximum absolute atomic E-state index is 9.56. The fourth-order valence-corrected chi connectivity index (χ4v) is 1.62. The average Bonchev–Trinajstić information content (AvgIpc) is 2.78. The molecule has 4 nitrogen and oxygen atoms in total. The van der Waals surface area contributed by atoms with Crippen LogP contribution in [0.15, 0.2) is 36.8 Å². The minimum Gasteiger partial charge on any atom is -0.385 e. The lowest BCUT2D eigenvalue weighted by atomic mass is 10.2. The molecule has 0 aliphatic carbocycles. The first-order valence-corrected chi connectivity index (χ1v) is 5.20. The summed E-state index contributed by atoms with van der Waals surface area (Å²) in [4.78, 5) is 4.14. The van der Waals surface area contributed by atoms with Gasteiger partial charge in [-0.1, -0.05) is 18.2 Å². The Morgan fingerprint density at radius 3 is 2.88 bits per heavy atom. The smallest absolute Gasteiger partial charge is 0.110 e. The molecule has 1 atom stereocenters. The van der Waals surface area contributed by atoms with E-state index < -0.39 is 6.10 Å². The number of rotatable bonds is 3. The van der Waals surface area contributed by atoms with Crippen molar-refractivity contribution in [3.05, 3.63) is 48.0 Å².